The molecular weight excluding hydrogens is 335 g/mol. The minimum Gasteiger partial charge on any atom is -0.389 e. The third kappa shape index (κ3) is 2.49. The van der Waals surface area contributed by atoms with Crippen molar-refractivity contribution in [1.29, 1.82) is 0 Å². The predicted molar refractivity (Wildman–Crippen MR) is 75.6 cm³/mol. The molecule has 19 heavy (non-hydrogen) atoms. The maximum absolute atomic E-state index is 14.2. The third-order valence-electron chi connectivity index (χ3n) is 2.42. The summed E-state index contributed by atoms with van der Waals surface area (Å²) in [4.78, 5) is 11.0. The average Bonchev–Trinajstić information content (AvgIpc) is 2.81. The van der Waals surface area contributed by atoms with Crippen molar-refractivity contribution in [3.05, 3.63) is 45.9 Å². The van der Waals surface area contributed by atoms with Gasteiger partial charge in [0.05, 0.1) is 4.47 Å². The van der Waals surface area contributed by atoms with Crippen LogP contribution in [0.1, 0.15) is 16.1 Å². The van der Waals surface area contributed by atoms with Crippen molar-refractivity contribution in [2.45, 2.75) is 0 Å². The Balaban J connectivity index is 2.54. The van der Waals surface area contributed by atoms with Gasteiger partial charge >= 0.3 is 0 Å². The van der Waals surface area contributed by atoms with Gasteiger partial charge in [-0.3, -0.25) is 4.79 Å². The van der Waals surface area contributed by atoms with Crippen molar-refractivity contribution >= 4 is 39.0 Å². The van der Waals surface area contributed by atoms with E-state index in [2.05, 4.69) is 21.0 Å². The molecule has 0 atom stereocenters. The lowest BCUT2D eigenvalue weighted by molar-refractivity contribution is 0.0995. The monoisotopic (exact) mass is 342 g/mol. The van der Waals surface area contributed by atoms with Crippen molar-refractivity contribution in [3.8, 4) is 5.69 Å². The molecular formula is C11H8BrFN4OS. The number of benzene rings is 1. The minimum atomic E-state index is -0.682. The number of nitrogens with zero attached hydrogens (tertiary/aromatic N) is 2. The number of primary amides is 1. The van der Waals surface area contributed by atoms with Crippen LogP contribution < -0.4 is 11.5 Å². The summed E-state index contributed by atoms with van der Waals surface area (Å²) in [5, 5.41) is 3.87. The van der Waals surface area contributed by atoms with E-state index in [1.807, 2.05) is 0 Å². The van der Waals surface area contributed by atoms with Gasteiger partial charge in [0, 0.05) is 11.8 Å². The van der Waals surface area contributed by atoms with Gasteiger partial charge in [-0.1, -0.05) is 12.2 Å². The average molecular weight is 343 g/mol. The normalized spacial score (nSPS) is 10.4. The van der Waals surface area contributed by atoms with Gasteiger partial charge in [-0.2, -0.15) is 5.10 Å². The summed E-state index contributed by atoms with van der Waals surface area (Å²) in [5.74, 6) is -1.26. The second-order valence-electron chi connectivity index (χ2n) is 3.63. The first-order chi connectivity index (χ1) is 8.91. The van der Waals surface area contributed by atoms with E-state index >= 15 is 0 Å². The molecule has 0 aliphatic carbocycles. The number of thiocarbonyl (C=S) groups is 1. The zero-order chi connectivity index (χ0) is 14.2. The Labute approximate surface area is 121 Å². The number of aromatic nitrogens is 2. The standard InChI is InChI=1S/C11H8BrFN4OS/c12-8-5(11(15)19)1-2-7(9(8)13)17-4-3-6(16-17)10(14)18/h1-4H,(H2,14,18)(H2,15,19). The highest BCUT2D eigenvalue weighted by molar-refractivity contribution is 9.10. The summed E-state index contributed by atoms with van der Waals surface area (Å²) in [7, 11) is 0. The lowest BCUT2D eigenvalue weighted by Gasteiger charge is -2.08. The lowest BCUT2D eigenvalue weighted by Crippen LogP contribution is -2.13. The van der Waals surface area contributed by atoms with E-state index < -0.39 is 11.7 Å². The first-order valence-corrected chi connectivity index (χ1v) is 6.25. The van der Waals surface area contributed by atoms with Gasteiger partial charge in [0.15, 0.2) is 5.82 Å². The maximum Gasteiger partial charge on any atom is 0.269 e. The highest BCUT2D eigenvalue weighted by atomic mass is 79.9. The fourth-order valence-corrected chi connectivity index (χ4v) is 2.35. The fourth-order valence-electron chi connectivity index (χ4n) is 1.50. The second-order valence-corrected chi connectivity index (χ2v) is 4.87. The Hall–Kier alpha value is -1.80. The van der Waals surface area contributed by atoms with Crippen molar-refractivity contribution in [3.63, 3.8) is 0 Å². The molecule has 0 fully saturated rings. The van der Waals surface area contributed by atoms with Crippen LogP contribution in [-0.2, 0) is 0 Å². The van der Waals surface area contributed by atoms with Crippen LogP contribution in [0.4, 0.5) is 4.39 Å². The summed E-state index contributed by atoms with van der Waals surface area (Å²) in [6.45, 7) is 0. The second kappa shape index (κ2) is 5.06. The highest BCUT2D eigenvalue weighted by Crippen LogP contribution is 2.26. The molecule has 2 aromatic rings. The molecule has 1 amide bonds. The zero-order valence-electron chi connectivity index (χ0n) is 9.43. The van der Waals surface area contributed by atoms with Gasteiger partial charge in [-0.25, -0.2) is 9.07 Å². The molecule has 0 saturated carbocycles. The SMILES string of the molecule is NC(=O)c1ccn(-c2ccc(C(N)=S)c(Br)c2F)n1. The maximum atomic E-state index is 14.2. The number of rotatable bonds is 3. The van der Waals surface area contributed by atoms with Crippen LogP contribution in [0.3, 0.4) is 0 Å². The summed E-state index contributed by atoms with van der Waals surface area (Å²) in [6, 6.07) is 4.43. The molecule has 4 N–H and O–H groups in total. The van der Waals surface area contributed by atoms with Crippen molar-refractivity contribution in [2.75, 3.05) is 0 Å². The Morgan fingerprint density at radius 1 is 1.37 bits per heavy atom. The molecule has 0 saturated heterocycles. The molecule has 1 aromatic carbocycles. The molecule has 0 radical (unpaired) electrons. The van der Waals surface area contributed by atoms with E-state index in [0.29, 0.717) is 5.56 Å². The van der Waals surface area contributed by atoms with Gasteiger partial charge in [0.1, 0.15) is 16.4 Å². The van der Waals surface area contributed by atoms with E-state index in [4.69, 9.17) is 23.7 Å². The molecule has 0 spiro atoms. The Morgan fingerprint density at radius 2 is 2.05 bits per heavy atom. The topological polar surface area (TPSA) is 86.9 Å². The molecule has 1 aromatic heterocycles. The summed E-state index contributed by atoms with van der Waals surface area (Å²) in [6.07, 6.45) is 1.44. The van der Waals surface area contributed by atoms with Crippen LogP contribution in [0.25, 0.3) is 5.69 Å². The first kappa shape index (κ1) is 13.6. The summed E-state index contributed by atoms with van der Waals surface area (Å²) >= 11 is 7.89. The number of carbonyl (C=O) groups excluding carboxylic acids is 1. The quantitative estimate of drug-likeness (QED) is 0.827. The van der Waals surface area contributed by atoms with Crippen LogP contribution in [-0.4, -0.2) is 20.7 Å². The van der Waals surface area contributed by atoms with E-state index in [9.17, 15) is 9.18 Å². The largest absolute Gasteiger partial charge is 0.389 e. The predicted octanol–water partition coefficient (Wildman–Crippen LogP) is 1.51. The van der Waals surface area contributed by atoms with Crippen molar-refractivity contribution < 1.29 is 9.18 Å². The Bertz CT molecular complexity index is 685. The van der Waals surface area contributed by atoms with Gasteiger partial charge < -0.3 is 11.5 Å². The molecule has 98 valence electrons. The van der Waals surface area contributed by atoms with Crippen LogP contribution in [0.2, 0.25) is 0 Å². The smallest absolute Gasteiger partial charge is 0.269 e. The van der Waals surface area contributed by atoms with Crippen molar-refractivity contribution in [2.24, 2.45) is 11.5 Å². The van der Waals surface area contributed by atoms with Crippen LogP contribution in [0.5, 0.6) is 0 Å². The molecule has 1 heterocycles. The van der Waals surface area contributed by atoms with Gasteiger partial charge in [0.2, 0.25) is 0 Å². The molecule has 2 rings (SSSR count). The van der Waals surface area contributed by atoms with Gasteiger partial charge in [0.25, 0.3) is 5.91 Å². The van der Waals surface area contributed by atoms with E-state index in [1.165, 1.54) is 23.0 Å². The lowest BCUT2D eigenvalue weighted by atomic mass is 10.2. The zero-order valence-corrected chi connectivity index (χ0v) is 11.8. The number of hydrogen-bond donors (Lipinski definition) is 2. The summed E-state index contributed by atoms with van der Waals surface area (Å²) < 4.78 is 15.5. The third-order valence-corrected chi connectivity index (χ3v) is 3.41. The molecule has 0 aliphatic rings. The van der Waals surface area contributed by atoms with Crippen LogP contribution in [0.15, 0.2) is 28.9 Å². The van der Waals surface area contributed by atoms with Gasteiger partial charge in [-0.05, 0) is 34.1 Å². The van der Waals surface area contributed by atoms with E-state index in [1.54, 1.807) is 6.07 Å². The Morgan fingerprint density at radius 3 is 2.58 bits per heavy atom. The molecule has 0 unspecified atom stereocenters. The fraction of sp³-hybridized carbons (Fsp3) is 0. The van der Waals surface area contributed by atoms with E-state index in [-0.39, 0.29) is 20.8 Å². The number of nitrogens with two attached hydrogens (primary N) is 2. The summed E-state index contributed by atoms with van der Waals surface area (Å²) in [5.41, 5.74) is 11.1. The van der Waals surface area contributed by atoms with Gasteiger partial charge in [-0.15, -0.1) is 0 Å². The molecule has 5 nitrogen and oxygen atoms in total. The van der Waals surface area contributed by atoms with Crippen LogP contribution >= 0.6 is 28.1 Å². The minimum absolute atomic E-state index is 0.0499. The first-order valence-electron chi connectivity index (χ1n) is 5.05. The van der Waals surface area contributed by atoms with Crippen molar-refractivity contribution in [1.82, 2.24) is 9.78 Å². The molecule has 0 aliphatic heterocycles. The number of hydrogen-bond acceptors (Lipinski definition) is 3. The number of amides is 1. The van der Waals surface area contributed by atoms with Crippen LogP contribution in [0, 0.1) is 5.82 Å². The number of carbonyl (C=O) groups is 1. The Kier molecular flexibility index (Phi) is 3.63. The van der Waals surface area contributed by atoms with E-state index in [0.717, 1.165) is 0 Å². The highest BCUT2D eigenvalue weighted by Gasteiger charge is 2.15. The molecule has 0 bridgehead atoms. The molecule has 8 heteroatoms. The number of halogens is 2.